The number of amides is 1. The molecule has 2 N–H and O–H groups in total. The van der Waals surface area contributed by atoms with Crippen molar-refractivity contribution in [1.29, 1.82) is 0 Å². The molecule has 5 nitrogen and oxygen atoms in total. The number of rotatable bonds is 8. The van der Waals surface area contributed by atoms with Gasteiger partial charge in [0.25, 0.3) is 0 Å². The molecule has 0 unspecified atom stereocenters. The number of anilines is 1. The Bertz CT molecular complexity index is 756. The van der Waals surface area contributed by atoms with Crippen LogP contribution in [0.1, 0.15) is 18.4 Å². The Morgan fingerprint density at radius 1 is 1.21 bits per heavy atom. The number of carbonyl (C=O) groups is 1. The first kappa shape index (κ1) is 20.8. The van der Waals surface area contributed by atoms with Gasteiger partial charge in [0.1, 0.15) is 0 Å². The molecule has 3 rings (SSSR count). The molecular weight excluding hydrogens is 376 g/mol. The molecule has 6 heteroatoms. The monoisotopic (exact) mass is 402 g/mol. The van der Waals surface area contributed by atoms with Crippen LogP contribution in [-0.2, 0) is 16.1 Å². The number of aliphatic hydroxyl groups is 1. The van der Waals surface area contributed by atoms with E-state index in [0.717, 1.165) is 30.6 Å². The van der Waals surface area contributed by atoms with Gasteiger partial charge in [-0.1, -0.05) is 48.0 Å². The third-order valence-corrected chi connectivity index (χ3v) is 5.28. The van der Waals surface area contributed by atoms with Crippen LogP contribution in [0.2, 0.25) is 5.02 Å². The number of aliphatic hydroxyl groups excluding tert-OH is 1. The van der Waals surface area contributed by atoms with Crippen molar-refractivity contribution in [2.24, 2.45) is 5.92 Å². The number of likely N-dealkylation sites (tertiary alicyclic amines) is 1. The van der Waals surface area contributed by atoms with Gasteiger partial charge in [0.05, 0.1) is 25.2 Å². The van der Waals surface area contributed by atoms with Crippen molar-refractivity contribution in [3.05, 3.63) is 65.2 Å². The maximum atomic E-state index is 12.5. The fourth-order valence-electron chi connectivity index (χ4n) is 3.47. The first-order valence-corrected chi connectivity index (χ1v) is 10.1. The van der Waals surface area contributed by atoms with Gasteiger partial charge in [0, 0.05) is 23.8 Å². The number of ether oxygens (including phenoxy) is 1. The smallest absolute Gasteiger partial charge is 0.228 e. The van der Waals surface area contributed by atoms with Crippen LogP contribution < -0.4 is 5.32 Å². The van der Waals surface area contributed by atoms with Crippen LogP contribution in [-0.4, -0.2) is 48.3 Å². The topological polar surface area (TPSA) is 61.8 Å². The van der Waals surface area contributed by atoms with E-state index in [1.54, 1.807) is 0 Å². The molecular formula is C22H27ClN2O3. The normalized spacial score (nSPS) is 18.6. The molecule has 2 aromatic rings. The molecule has 1 aliphatic heterocycles. The zero-order valence-corrected chi connectivity index (χ0v) is 16.6. The van der Waals surface area contributed by atoms with E-state index in [1.807, 2.05) is 54.6 Å². The fourth-order valence-corrected chi connectivity index (χ4v) is 3.66. The summed E-state index contributed by atoms with van der Waals surface area (Å²) in [4.78, 5) is 14.7. The molecule has 0 aliphatic carbocycles. The van der Waals surface area contributed by atoms with E-state index >= 15 is 0 Å². The molecule has 1 aliphatic rings. The van der Waals surface area contributed by atoms with E-state index in [-0.39, 0.29) is 18.4 Å². The van der Waals surface area contributed by atoms with Crippen molar-refractivity contribution in [2.75, 3.05) is 31.6 Å². The van der Waals surface area contributed by atoms with Crippen LogP contribution in [0.15, 0.2) is 54.6 Å². The molecule has 150 valence electrons. The third kappa shape index (κ3) is 6.31. The highest BCUT2D eigenvalue weighted by Gasteiger charge is 2.27. The molecule has 28 heavy (non-hydrogen) atoms. The molecule has 2 aromatic carbocycles. The van der Waals surface area contributed by atoms with Gasteiger partial charge < -0.3 is 15.2 Å². The van der Waals surface area contributed by atoms with Crippen molar-refractivity contribution in [3.8, 4) is 0 Å². The van der Waals surface area contributed by atoms with E-state index < -0.39 is 6.10 Å². The van der Waals surface area contributed by atoms with E-state index in [0.29, 0.717) is 24.7 Å². The summed E-state index contributed by atoms with van der Waals surface area (Å²) in [6.07, 6.45) is 1.22. The molecule has 1 fully saturated rings. The zero-order chi connectivity index (χ0) is 19.8. The SMILES string of the molecule is O=C(Nc1ccccc1)[C@@H]1CCCN(C[C@H](O)COCc2ccccc2Cl)C1. The van der Waals surface area contributed by atoms with Crippen LogP contribution in [0.5, 0.6) is 0 Å². The molecule has 0 aromatic heterocycles. The maximum absolute atomic E-state index is 12.5. The fraction of sp³-hybridized carbons (Fsp3) is 0.409. The summed E-state index contributed by atoms with van der Waals surface area (Å²) in [7, 11) is 0. The Morgan fingerprint density at radius 3 is 2.75 bits per heavy atom. The Labute approximate surface area is 171 Å². The molecule has 0 radical (unpaired) electrons. The molecule has 0 saturated carbocycles. The van der Waals surface area contributed by atoms with Gasteiger partial charge in [-0.05, 0) is 43.1 Å². The third-order valence-electron chi connectivity index (χ3n) is 4.91. The second-order valence-corrected chi connectivity index (χ2v) is 7.62. The first-order chi connectivity index (χ1) is 13.6. The Hall–Kier alpha value is -1.92. The van der Waals surface area contributed by atoms with Crippen molar-refractivity contribution in [1.82, 2.24) is 4.90 Å². The van der Waals surface area contributed by atoms with Crippen molar-refractivity contribution in [3.63, 3.8) is 0 Å². The van der Waals surface area contributed by atoms with E-state index in [1.165, 1.54) is 0 Å². The summed E-state index contributed by atoms with van der Waals surface area (Å²) < 4.78 is 5.62. The lowest BCUT2D eigenvalue weighted by Crippen LogP contribution is -2.44. The summed E-state index contributed by atoms with van der Waals surface area (Å²) in [6, 6.07) is 17.0. The number of halogens is 1. The van der Waals surface area contributed by atoms with E-state index in [2.05, 4.69) is 10.2 Å². The van der Waals surface area contributed by atoms with Crippen LogP contribution in [0, 0.1) is 5.92 Å². The molecule has 0 bridgehead atoms. The van der Waals surface area contributed by atoms with Crippen molar-refractivity contribution in [2.45, 2.75) is 25.6 Å². The zero-order valence-electron chi connectivity index (χ0n) is 15.9. The first-order valence-electron chi connectivity index (χ1n) is 9.69. The van der Waals surface area contributed by atoms with Crippen molar-refractivity contribution >= 4 is 23.2 Å². The van der Waals surface area contributed by atoms with Gasteiger partial charge in [-0.25, -0.2) is 0 Å². The van der Waals surface area contributed by atoms with Gasteiger partial charge >= 0.3 is 0 Å². The number of hydrogen-bond acceptors (Lipinski definition) is 4. The second-order valence-electron chi connectivity index (χ2n) is 7.21. The lowest BCUT2D eigenvalue weighted by atomic mass is 9.96. The predicted molar refractivity (Wildman–Crippen MR) is 111 cm³/mol. The average molecular weight is 403 g/mol. The summed E-state index contributed by atoms with van der Waals surface area (Å²) in [5, 5.41) is 14.0. The van der Waals surface area contributed by atoms with Gasteiger partial charge in [-0.15, -0.1) is 0 Å². The minimum Gasteiger partial charge on any atom is -0.389 e. The maximum Gasteiger partial charge on any atom is 0.228 e. The Morgan fingerprint density at radius 2 is 1.96 bits per heavy atom. The van der Waals surface area contributed by atoms with Gasteiger partial charge in [0.2, 0.25) is 5.91 Å². The quantitative estimate of drug-likeness (QED) is 0.708. The van der Waals surface area contributed by atoms with Crippen LogP contribution in [0.4, 0.5) is 5.69 Å². The highest BCUT2D eigenvalue weighted by Crippen LogP contribution is 2.19. The van der Waals surface area contributed by atoms with Crippen LogP contribution >= 0.6 is 11.6 Å². The number of nitrogens with zero attached hydrogens (tertiary/aromatic N) is 1. The van der Waals surface area contributed by atoms with Crippen LogP contribution in [0.3, 0.4) is 0 Å². The minimum atomic E-state index is -0.599. The van der Waals surface area contributed by atoms with E-state index in [4.69, 9.17) is 16.3 Å². The summed E-state index contributed by atoms with van der Waals surface area (Å²) in [6.45, 7) is 2.65. The predicted octanol–water partition coefficient (Wildman–Crippen LogP) is 3.57. The number of nitrogens with one attached hydrogen (secondary N) is 1. The van der Waals surface area contributed by atoms with Crippen LogP contribution in [0.25, 0.3) is 0 Å². The molecule has 2 atom stereocenters. The highest BCUT2D eigenvalue weighted by atomic mass is 35.5. The number of benzene rings is 2. The molecule has 1 saturated heterocycles. The number of hydrogen-bond donors (Lipinski definition) is 2. The Kier molecular flexibility index (Phi) is 7.86. The number of para-hydroxylation sites is 1. The largest absolute Gasteiger partial charge is 0.389 e. The summed E-state index contributed by atoms with van der Waals surface area (Å²) in [5.41, 5.74) is 1.73. The average Bonchev–Trinajstić information content (AvgIpc) is 2.70. The van der Waals surface area contributed by atoms with Crippen molar-refractivity contribution < 1.29 is 14.6 Å². The lowest BCUT2D eigenvalue weighted by molar-refractivity contribution is -0.121. The molecule has 1 amide bonds. The number of β-amino-alcohol motifs (C(OH)–C–C–N with tert-alkyl or cyclic N) is 1. The summed E-state index contributed by atoms with van der Waals surface area (Å²) >= 11 is 6.11. The lowest BCUT2D eigenvalue weighted by Gasteiger charge is -2.33. The standard InChI is InChI=1S/C22H27ClN2O3/c23-21-11-5-4-7-18(21)15-28-16-20(26)14-25-12-6-8-17(13-25)22(27)24-19-9-2-1-3-10-19/h1-5,7,9-11,17,20,26H,6,8,12-16H2,(H,24,27)/t17-,20+/m1/s1. The molecule has 0 spiro atoms. The molecule has 1 heterocycles. The van der Waals surface area contributed by atoms with Gasteiger partial charge in [-0.2, -0.15) is 0 Å². The van der Waals surface area contributed by atoms with Gasteiger partial charge in [-0.3, -0.25) is 9.69 Å². The van der Waals surface area contributed by atoms with E-state index in [9.17, 15) is 9.90 Å². The highest BCUT2D eigenvalue weighted by molar-refractivity contribution is 6.31. The number of piperidine rings is 1. The van der Waals surface area contributed by atoms with Gasteiger partial charge in [0.15, 0.2) is 0 Å². The minimum absolute atomic E-state index is 0.0420. The Balaban J connectivity index is 1.41. The summed E-state index contributed by atoms with van der Waals surface area (Å²) in [5.74, 6) is -0.0226. The second kappa shape index (κ2) is 10.6. The number of carbonyl (C=O) groups excluding carboxylic acids is 1.